The fourth-order valence-electron chi connectivity index (χ4n) is 4.36. The Hall–Kier alpha value is -1.90. The Balaban J connectivity index is 1.51. The summed E-state index contributed by atoms with van der Waals surface area (Å²) in [5, 5.41) is 0. The number of hydrogen-bond acceptors (Lipinski definition) is 3. The van der Waals surface area contributed by atoms with Gasteiger partial charge in [0.15, 0.2) is 0 Å². The molecule has 2 aromatic heterocycles. The lowest BCUT2D eigenvalue weighted by atomic mass is 9.76. The Labute approximate surface area is 132 Å². The summed E-state index contributed by atoms with van der Waals surface area (Å²) in [4.78, 5) is 11.7. The Bertz CT molecular complexity index is 585. The highest BCUT2D eigenvalue weighted by Crippen LogP contribution is 2.40. The third kappa shape index (κ3) is 2.72. The van der Waals surface area contributed by atoms with Crippen LogP contribution >= 0.6 is 0 Å². The van der Waals surface area contributed by atoms with Crippen molar-refractivity contribution in [3.05, 3.63) is 54.5 Å². The molecule has 0 amide bonds. The van der Waals surface area contributed by atoms with Gasteiger partial charge in [-0.2, -0.15) is 0 Å². The van der Waals surface area contributed by atoms with Gasteiger partial charge < -0.3 is 4.90 Å². The van der Waals surface area contributed by atoms with Crippen molar-refractivity contribution < 1.29 is 0 Å². The second kappa shape index (κ2) is 6.07. The van der Waals surface area contributed by atoms with Gasteiger partial charge in [0.1, 0.15) is 5.82 Å². The zero-order chi connectivity index (χ0) is 14.8. The molecular formula is C19H23N3. The first-order valence-electron chi connectivity index (χ1n) is 8.49. The predicted octanol–water partition coefficient (Wildman–Crippen LogP) is 3.86. The Morgan fingerprint density at radius 3 is 2.27 bits per heavy atom. The second-order valence-corrected chi connectivity index (χ2v) is 6.70. The maximum atomic E-state index is 4.61. The molecule has 3 atom stereocenters. The number of pyridine rings is 2. The van der Waals surface area contributed by atoms with Crippen molar-refractivity contribution in [1.82, 2.24) is 9.97 Å². The van der Waals surface area contributed by atoms with Gasteiger partial charge in [0, 0.05) is 30.2 Å². The smallest absolute Gasteiger partial charge is 0.128 e. The fourth-order valence-corrected chi connectivity index (χ4v) is 4.36. The molecule has 2 bridgehead atoms. The Morgan fingerprint density at radius 2 is 1.64 bits per heavy atom. The third-order valence-corrected chi connectivity index (χ3v) is 5.21. The van der Waals surface area contributed by atoms with E-state index in [4.69, 9.17) is 0 Å². The van der Waals surface area contributed by atoms with Gasteiger partial charge in [0.05, 0.1) is 0 Å². The molecule has 1 unspecified atom stereocenters. The second-order valence-electron chi connectivity index (χ2n) is 6.70. The summed E-state index contributed by atoms with van der Waals surface area (Å²) < 4.78 is 0. The lowest BCUT2D eigenvalue weighted by Crippen LogP contribution is -2.53. The van der Waals surface area contributed by atoms with Gasteiger partial charge in [-0.25, -0.2) is 4.98 Å². The Kier molecular flexibility index (Phi) is 3.79. The van der Waals surface area contributed by atoms with Crippen molar-refractivity contribution in [2.45, 2.75) is 50.6 Å². The van der Waals surface area contributed by atoms with E-state index < -0.39 is 0 Å². The summed E-state index contributed by atoms with van der Waals surface area (Å²) in [6.07, 6.45) is 11.5. The molecule has 0 radical (unpaired) electrons. The van der Waals surface area contributed by atoms with Crippen LogP contribution in [0.25, 0.3) is 0 Å². The number of hydrogen-bond donors (Lipinski definition) is 0. The van der Waals surface area contributed by atoms with Gasteiger partial charge in [0.25, 0.3) is 0 Å². The number of aromatic nitrogens is 2. The quantitative estimate of drug-likeness (QED) is 0.860. The minimum atomic E-state index is 0.663. The van der Waals surface area contributed by atoms with Gasteiger partial charge in [0.2, 0.25) is 0 Å². The molecule has 0 spiro atoms. The minimum absolute atomic E-state index is 0.663. The largest absolute Gasteiger partial charge is 0.351 e. The van der Waals surface area contributed by atoms with Gasteiger partial charge in [-0.3, -0.25) is 4.98 Å². The summed E-state index contributed by atoms with van der Waals surface area (Å²) in [6, 6.07) is 13.9. The zero-order valence-electron chi connectivity index (χ0n) is 12.9. The van der Waals surface area contributed by atoms with Crippen LogP contribution in [0.2, 0.25) is 0 Å². The molecule has 2 fully saturated rings. The van der Waals surface area contributed by atoms with Crippen molar-refractivity contribution in [2.24, 2.45) is 5.92 Å². The van der Waals surface area contributed by atoms with Crippen LogP contribution in [0.1, 0.15) is 37.8 Å². The van der Waals surface area contributed by atoms with Crippen molar-refractivity contribution in [2.75, 3.05) is 4.90 Å². The molecule has 114 valence electrons. The average Bonchev–Trinajstić information content (AvgIpc) is 2.56. The van der Waals surface area contributed by atoms with Crippen LogP contribution in [-0.2, 0) is 6.42 Å². The van der Waals surface area contributed by atoms with E-state index in [9.17, 15) is 0 Å². The van der Waals surface area contributed by atoms with Crippen LogP contribution in [0.15, 0.2) is 48.8 Å². The zero-order valence-corrected chi connectivity index (χ0v) is 12.9. The van der Waals surface area contributed by atoms with E-state index in [2.05, 4.69) is 39.1 Å². The molecule has 22 heavy (non-hydrogen) atoms. The number of nitrogens with zero attached hydrogens (tertiary/aromatic N) is 3. The normalized spacial score (nSPS) is 27.6. The number of piperidine rings is 2. The number of anilines is 1. The fraction of sp³-hybridized carbons (Fsp3) is 0.474. The highest BCUT2D eigenvalue weighted by Gasteiger charge is 2.38. The first-order chi connectivity index (χ1) is 10.9. The van der Waals surface area contributed by atoms with Crippen LogP contribution in [0, 0.1) is 5.92 Å². The number of rotatable bonds is 3. The minimum Gasteiger partial charge on any atom is -0.351 e. The standard InChI is InChI=1S/C19H23N3/c1-3-10-20-16(6-1)12-15-13-17-7-5-8-18(14-15)22(17)19-9-2-4-11-21-19/h1-4,6,9-11,15,17-18H,5,7-8,12-14H2/t15?,17-,18+. The lowest BCUT2D eigenvalue weighted by Gasteiger charge is -2.49. The lowest BCUT2D eigenvalue weighted by molar-refractivity contribution is 0.225. The van der Waals surface area contributed by atoms with Crippen LogP contribution in [0.5, 0.6) is 0 Å². The highest BCUT2D eigenvalue weighted by molar-refractivity contribution is 5.42. The highest BCUT2D eigenvalue weighted by atomic mass is 15.3. The molecule has 0 aromatic carbocycles. The average molecular weight is 293 g/mol. The molecule has 2 aromatic rings. The van der Waals surface area contributed by atoms with E-state index in [0.29, 0.717) is 12.1 Å². The summed E-state index contributed by atoms with van der Waals surface area (Å²) in [6.45, 7) is 0. The van der Waals surface area contributed by atoms with E-state index in [1.807, 2.05) is 24.5 Å². The monoisotopic (exact) mass is 293 g/mol. The van der Waals surface area contributed by atoms with Gasteiger partial charge >= 0.3 is 0 Å². The van der Waals surface area contributed by atoms with Crippen molar-refractivity contribution in [3.63, 3.8) is 0 Å². The van der Waals surface area contributed by atoms with E-state index >= 15 is 0 Å². The maximum absolute atomic E-state index is 4.61. The first-order valence-corrected chi connectivity index (χ1v) is 8.49. The number of fused-ring (bicyclic) bond motifs is 2. The van der Waals surface area contributed by atoms with Crippen molar-refractivity contribution >= 4 is 5.82 Å². The molecule has 0 N–H and O–H groups in total. The molecule has 0 saturated carbocycles. The van der Waals surface area contributed by atoms with E-state index in [-0.39, 0.29) is 0 Å². The van der Waals surface area contributed by atoms with Crippen LogP contribution < -0.4 is 4.90 Å². The van der Waals surface area contributed by atoms with E-state index in [0.717, 1.165) is 12.3 Å². The predicted molar refractivity (Wildman–Crippen MR) is 88.8 cm³/mol. The Morgan fingerprint density at radius 1 is 0.909 bits per heavy atom. The SMILES string of the molecule is c1ccc(CC2C[C@H]3CCC[C@@H](C2)N3c2ccccn2)nc1. The molecule has 3 heteroatoms. The summed E-state index contributed by atoms with van der Waals surface area (Å²) in [5.74, 6) is 1.94. The molecule has 2 saturated heterocycles. The summed E-state index contributed by atoms with van der Waals surface area (Å²) in [5.41, 5.74) is 1.25. The molecule has 2 aliphatic heterocycles. The molecule has 0 aliphatic carbocycles. The topological polar surface area (TPSA) is 29.0 Å². The van der Waals surface area contributed by atoms with Gasteiger partial charge in [-0.05, 0) is 68.7 Å². The molecule has 2 aliphatic rings. The van der Waals surface area contributed by atoms with Crippen LogP contribution in [0.4, 0.5) is 5.82 Å². The third-order valence-electron chi connectivity index (χ3n) is 5.21. The molecular weight excluding hydrogens is 270 g/mol. The van der Waals surface area contributed by atoms with Gasteiger partial charge in [-0.15, -0.1) is 0 Å². The van der Waals surface area contributed by atoms with E-state index in [1.165, 1.54) is 43.6 Å². The van der Waals surface area contributed by atoms with Gasteiger partial charge in [-0.1, -0.05) is 12.1 Å². The molecule has 3 nitrogen and oxygen atoms in total. The summed E-state index contributed by atoms with van der Waals surface area (Å²) >= 11 is 0. The van der Waals surface area contributed by atoms with E-state index in [1.54, 1.807) is 0 Å². The van der Waals surface area contributed by atoms with Crippen molar-refractivity contribution in [3.8, 4) is 0 Å². The molecule has 4 rings (SSSR count). The first kappa shape index (κ1) is 13.7. The van der Waals surface area contributed by atoms with Crippen molar-refractivity contribution in [1.29, 1.82) is 0 Å². The molecule has 4 heterocycles. The summed E-state index contributed by atoms with van der Waals surface area (Å²) in [7, 11) is 0. The maximum Gasteiger partial charge on any atom is 0.128 e. The van der Waals surface area contributed by atoms with Crippen LogP contribution in [-0.4, -0.2) is 22.1 Å². The van der Waals surface area contributed by atoms with Crippen LogP contribution in [0.3, 0.4) is 0 Å².